The van der Waals surface area contributed by atoms with Crippen LogP contribution in [0.25, 0.3) is 10.9 Å². The summed E-state index contributed by atoms with van der Waals surface area (Å²) in [5, 5.41) is 11.5. The largest absolute Gasteiger partial charge is 0.346 e. The lowest BCUT2D eigenvalue weighted by molar-refractivity contribution is -0.116. The number of Topliss-reactive ketones (excluding diaryl/α,β-unsaturated/α-hetero) is 1. The number of benzene rings is 1. The van der Waals surface area contributed by atoms with Gasteiger partial charge in [-0.2, -0.15) is 0 Å². The second-order valence-corrected chi connectivity index (χ2v) is 5.68. The standard InChI is InChI=1S/C15H14N4O2S/c1-10(20)12-8-19(13-5-3-2-4-11(12)13)7-6-14(21)17-15-18-16-9-22-15/h2-5,8-9H,6-7H2,1H3,(H,17,18,21). The molecular weight excluding hydrogens is 300 g/mol. The fraction of sp³-hybridized carbons (Fsp3) is 0.200. The summed E-state index contributed by atoms with van der Waals surface area (Å²) in [4.78, 5) is 23.6. The highest BCUT2D eigenvalue weighted by Crippen LogP contribution is 2.22. The van der Waals surface area contributed by atoms with Crippen LogP contribution in [0.1, 0.15) is 23.7 Å². The first kappa shape index (κ1) is 14.4. The molecule has 1 aromatic carbocycles. The fourth-order valence-corrected chi connectivity index (χ4v) is 2.80. The summed E-state index contributed by atoms with van der Waals surface area (Å²) >= 11 is 1.28. The number of ketones is 1. The summed E-state index contributed by atoms with van der Waals surface area (Å²) in [6.07, 6.45) is 2.11. The van der Waals surface area contributed by atoms with Gasteiger partial charge in [0, 0.05) is 35.6 Å². The van der Waals surface area contributed by atoms with Gasteiger partial charge in [-0.1, -0.05) is 29.5 Å². The van der Waals surface area contributed by atoms with E-state index >= 15 is 0 Å². The summed E-state index contributed by atoms with van der Waals surface area (Å²) in [5.74, 6) is -0.104. The number of rotatable bonds is 5. The molecule has 2 aromatic heterocycles. The molecule has 1 amide bonds. The summed E-state index contributed by atoms with van der Waals surface area (Å²) in [6.45, 7) is 2.05. The molecule has 0 radical (unpaired) electrons. The molecule has 0 saturated heterocycles. The van der Waals surface area contributed by atoms with Crippen LogP contribution in [-0.2, 0) is 11.3 Å². The number of carbonyl (C=O) groups excluding carboxylic acids is 2. The molecule has 6 nitrogen and oxygen atoms in total. The Hall–Kier alpha value is -2.54. The third-order valence-electron chi connectivity index (χ3n) is 3.35. The van der Waals surface area contributed by atoms with Gasteiger partial charge in [-0.25, -0.2) is 0 Å². The van der Waals surface area contributed by atoms with Crippen molar-refractivity contribution >= 4 is 39.1 Å². The topological polar surface area (TPSA) is 76.9 Å². The maximum absolute atomic E-state index is 11.9. The van der Waals surface area contributed by atoms with Crippen molar-refractivity contribution in [3.05, 3.63) is 41.5 Å². The highest BCUT2D eigenvalue weighted by molar-refractivity contribution is 7.13. The van der Waals surface area contributed by atoms with E-state index in [-0.39, 0.29) is 11.7 Å². The van der Waals surface area contributed by atoms with E-state index in [1.807, 2.05) is 35.0 Å². The molecule has 3 aromatic rings. The Morgan fingerprint density at radius 3 is 2.86 bits per heavy atom. The van der Waals surface area contributed by atoms with Crippen LogP contribution >= 0.6 is 11.3 Å². The fourth-order valence-electron chi connectivity index (χ4n) is 2.34. The number of aryl methyl sites for hydroxylation is 1. The molecule has 0 bridgehead atoms. The Kier molecular flexibility index (Phi) is 3.97. The number of aromatic nitrogens is 3. The van der Waals surface area contributed by atoms with Crippen molar-refractivity contribution in [3.63, 3.8) is 0 Å². The van der Waals surface area contributed by atoms with Crippen LogP contribution in [0.15, 0.2) is 36.0 Å². The quantitative estimate of drug-likeness (QED) is 0.735. The van der Waals surface area contributed by atoms with Crippen molar-refractivity contribution in [2.24, 2.45) is 0 Å². The number of para-hydroxylation sites is 1. The first-order valence-corrected chi connectivity index (χ1v) is 7.68. The monoisotopic (exact) mass is 314 g/mol. The molecule has 1 N–H and O–H groups in total. The molecule has 0 atom stereocenters. The maximum atomic E-state index is 11.9. The van der Waals surface area contributed by atoms with E-state index in [9.17, 15) is 9.59 Å². The number of fused-ring (bicyclic) bond motifs is 1. The van der Waals surface area contributed by atoms with Gasteiger partial charge in [0.05, 0.1) is 0 Å². The normalized spacial score (nSPS) is 10.8. The third-order valence-corrected chi connectivity index (χ3v) is 3.96. The van der Waals surface area contributed by atoms with E-state index in [0.29, 0.717) is 23.7 Å². The van der Waals surface area contributed by atoms with Gasteiger partial charge in [-0.3, -0.25) is 9.59 Å². The number of anilines is 1. The van der Waals surface area contributed by atoms with E-state index in [2.05, 4.69) is 15.5 Å². The van der Waals surface area contributed by atoms with Gasteiger partial charge in [0.1, 0.15) is 5.51 Å². The number of amides is 1. The Bertz CT molecular complexity index is 823. The molecule has 0 fully saturated rings. The molecule has 22 heavy (non-hydrogen) atoms. The van der Waals surface area contributed by atoms with Crippen molar-refractivity contribution in [1.82, 2.24) is 14.8 Å². The summed E-state index contributed by atoms with van der Waals surface area (Å²) in [5.41, 5.74) is 3.20. The van der Waals surface area contributed by atoms with Crippen molar-refractivity contribution in [1.29, 1.82) is 0 Å². The number of hydrogen-bond acceptors (Lipinski definition) is 5. The molecule has 0 spiro atoms. The lowest BCUT2D eigenvalue weighted by Gasteiger charge is -2.05. The van der Waals surface area contributed by atoms with Gasteiger partial charge in [0.25, 0.3) is 0 Å². The minimum atomic E-state index is -0.126. The highest BCUT2D eigenvalue weighted by atomic mass is 32.1. The number of nitrogens with one attached hydrogen (secondary N) is 1. The average Bonchev–Trinajstić information content (AvgIpc) is 3.12. The average molecular weight is 314 g/mol. The predicted octanol–water partition coefficient (Wildman–Crippen LogP) is 2.72. The van der Waals surface area contributed by atoms with Crippen LogP contribution in [0.2, 0.25) is 0 Å². The van der Waals surface area contributed by atoms with E-state index in [0.717, 1.165) is 10.9 Å². The molecule has 2 heterocycles. The van der Waals surface area contributed by atoms with Gasteiger partial charge in [0.2, 0.25) is 11.0 Å². The summed E-state index contributed by atoms with van der Waals surface area (Å²) < 4.78 is 1.94. The maximum Gasteiger partial charge on any atom is 0.227 e. The molecule has 0 unspecified atom stereocenters. The lowest BCUT2D eigenvalue weighted by atomic mass is 10.1. The number of hydrogen-bond donors (Lipinski definition) is 1. The van der Waals surface area contributed by atoms with Gasteiger partial charge in [-0.15, -0.1) is 10.2 Å². The molecule has 0 saturated carbocycles. The Morgan fingerprint density at radius 1 is 1.32 bits per heavy atom. The van der Waals surface area contributed by atoms with Gasteiger partial charge in [0.15, 0.2) is 5.78 Å². The minimum Gasteiger partial charge on any atom is -0.346 e. The Labute approximate surface area is 130 Å². The molecule has 0 aliphatic carbocycles. The van der Waals surface area contributed by atoms with Crippen molar-refractivity contribution < 1.29 is 9.59 Å². The summed E-state index contributed by atoms with van der Waals surface area (Å²) in [7, 11) is 0. The smallest absolute Gasteiger partial charge is 0.227 e. The van der Waals surface area contributed by atoms with Crippen LogP contribution in [0.3, 0.4) is 0 Å². The van der Waals surface area contributed by atoms with Gasteiger partial charge in [-0.05, 0) is 13.0 Å². The first-order chi connectivity index (χ1) is 10.6. The number of carbonyl (C=O) groups is 2. The zero-order chi connectivity index (χ0) is 15.5. The van der Waals surface area contributed by atoms with Gasteiger partial charge >= 0.3 is 0 Å². The second kappa shape index (κ2) is 6.07. The minimum absolute atomic E-state index is 0.0215. The molecule has 7 heteroatoms. The van der Waals surface area contributed by atoms with Crippen LogP contribution in [0, 0.1) is 0 Å². The zero-order valence-electron chi connectivity index (χ0n) is 11.9. The first-order valence-electron chi connectivity index (χ1n) is 6.80. The molecule has 112 valence electrons. The van der Waals surface area contributed by atoms with Crippen LogP contribution < -0.4 is 5.32 Å². The Balaban J connectivity index is 1.76. The van der Waals surface area contributed by atoms with Crippen LogP contribution in [0.4, 0.5) is 5.13 Å². The van der Waals surface area contributed by atoms with E-state index in [4.69, 9.17) is 0 Å². The van der Waals surface area contributed by atoms with E-state index in [1.165, 1.54) is 11.3 Å². The lowest BCUT2D eigenvalue weighted by Crippen LogP contribution is -2.14. The molecule has 0 aliphatic heterocycles. The molecule has 3 rings (SSSR count). The van der Waals surface area contributed by atoms with Crippen LogP contribution in [-0.4, -0.2) is 26.5 Å². The SMILES string of the molecule is CC(=O)c1cn(CCC(=O)Nc2nncs2)c2ccccc12. The Morgan fingerprint density at radius 2 is 2.14 bits per heavy atom. The van der Waals surface area contributed by atoms with Crippen molar-refractivity contribution in [2.75, 3.05) is 5.32 Å². The molecular formula is C15H14N4O2S. The zero-order valence-corrected chi connectivity index (χ0v) is 12.8. The van der Waals surface area contributed by atoms with Crippen LogP contribution in [0.5, 0.6) is 0 Å². The van der Waals surface area contributed by atoms with Crippen molar-refractivity contribution in [2.45, 2.75) is 19.9 Å². The third kappa shape index (κ3) is 2.89. The number of nitrogens with zero attached hydrogens (tertiary/aromatic N) is 3. The van der Waals surface area contributed by atoms with E-state index < -0.39 is 0 Å². The summed E-state index contributed by atoms with van der Waals surface area (Å²) in [6, 6.07) is 7.69. The second-order valence-electron chi connectivity index (χ2n) is 4.85. The van der Waals surface area contributed by atoms with E-state index in [1.54, 1.807) is 12.4 Å². The van der Waals surface area contributed by atoms with Crippen molar-refractivity contribution in [3.8, 4) is 0 Å². The molecule has 0 aliphatic rings. The predicted molar refractivity (Wildman–Crippen MR) is 85.1 cm³/mol. The van der Waals surface area contributed by atoms with Gasteiger partial charge < -0.3 is 9.88 Å². The highest BCUT2D eigenvalue weighted by Gasteiger charge is 2.12.